The van der Waals surface area contributed by atoms with E-state index >= 15 is 0 Å². The lowest BCUT2D eigenvalue weighted by Gasteiger charge is -2.03. The van der Waals surface area contributed by atoms with E-state index in [-0.39, 0.29) is 5.91 Å². The monoisotopic (exact) mass is 342 g/mol. The molecule has 0 fully saturated rings. The molecule has 1 amide bonds. The Morgan fingerprint density at radius 2 is 2.00 bits per heavy atom. The van der Waals surface area contributed by atoms with Crippen LogP contribution < -0.4 is 5.32 Å². The van der Waals surface area contributed by atoms with Crippen molar-refractivity contribution in [3.05, 3.63) is 64.8 Å². The van der Waals surface area contributed by atoms with Crippen molar-refractivity contribution in [2.45, 2.75) is 13.3 Å². The number of benzene rings is 1. The van der Waals surface area contributed by atoms with E-state index in [1.54, 1.807) is 30.5 Å². The molecule has 0 unspecified atom stereocenters. The minimum absolute atomic E-state index is 0.181. The molecule has 6 nitrogen and oxygen atoms in total. The standard InChI is InChI=1S/C17H15ClN4O2/c1-11-2-3-13(10-20-11)17(23)19-9-8-15-21-16(22-24-15)12-4-6-14(18)7-5-12/h2-7,10H,8-9H2,1H3,(H,19,23). The fourth-order valence-electron chi connectivity index (χ4n) is 2.06. The molecule has 0 bridgehead atoms. The van der Waals surface area contributed by atoms with E-state index < -0.39 is 0 Å². The van der Waals surface area contributed by atoms with Crippen LogP contribution in [0.25, 0.3) is 11.4 Å². The Balaban J connectivity index is 1.55. The summed E-state index contributed by atoms with van der Waals surface area (Å²) in [5.41, 5.74) is 2.21. The summed E-state index contributed by atoms with van der Waals surface area (Å²) in [6.45, 7) is 2.27. The molecule has 0 saturated carbocycles. The number of rotatable bonds is 5. The van der Waals surface area contributed by atoms with E-state index in [0.717, 1.165) is 11.3 Å². The largest absolute Gasteiger partial charge is 0.351 e. The van der Waals surface area contributed by atoms with E-state index in [1.165, 1.54) is 0 Å². The van der Waals surface area contributed by atoms with Gasteiger partial charge in [0.05, 0.1) is 5.56 Å². The summed E-state index contributed by atoms with van der Waals surface area (Å²) in [5, 5.41) is 7.38. The molecule has 3 aromatic rings. The van der Waals surface area contributed by atoms with Crippen molar-refractivity contribution in [3.8, 4) is 11.4 Å². The first-order chi connectivity index (χ1) is 11.6. The third-order valence-corrected chi connectivity index (χ3v) is 3.62. The first-order valence-corrected chi connectivity index (χ1v) is 7.79. The van der Waals surface area contributed by atoms with Crippen molar-refractivity contribution in [2.24, 2.45) is 0 Å². The summed E-state index contributed by atoms with van der Waals surface area (Å²) < 4.78 is 5.19. The van der Waals surface area contributed by atoms with Crippen molar-refractivity contribution in [2.75, 3.05) is 6.54 Å². The Hall–Kier alpha value is -2.73. The summed E-state index contributed by atoms with van der Waals surface area (Å²) in [6, 6.07) is 10.7. The number of nitrogens with one attached hydrogen (secondary N) is 1. The summed E-state index contributed by atoms with van der Waals surface area (Å²) in [7, 11) is 0. The second-order valence-electron chi connectivity index (χ2n) is 5.21. The van der Waals surface area contributed by atoms with Crippen LogP contribution in [0.5, 0.6) is 0 Å². The van der Waals surface area contributed by atoms with Gasteiger partial charge in [0.1, 0.15) is 0 Å². The highest BCUT2D eigenvalue weighted by atomic mass is 35.5. The summed E-state index contributed by atoms with van der Waals surface area (Å²) in [5.74, 6) is 0.776. The van der Waals surface area contributed by atoms with Crippen molar-refractivity contribution >= 4 is 17.5 Å². The number of hydrogen-bond donors (Lipinski definition) is 1. The second kappa shape index (κ2) is 7.23. The lowest BCUT2D eigenvalue weighted by Crippen LogP contribution is -2.25. The third kappa shape index (κ3) is 3.97. The molecule has 122 valence electrons. The molecule has 1 N–H and O–H groups in total. The SMILES string of the molecule is Cc1ccc(C(=O)NCCc2nc(-c3ccc(Cl)cc3)no2)cn1. The Labute approximate surface area is 143 Å². The van der Waals surface area contributed by atoms with Crippen LogP contribution in [-0.2, 0) is 6.42 Å². The molecule has 0 saturated heterocycles. The van der Waals surface area contributed by atoms with Gasteiger partial charge in [-0.25, -0.2) is 0 Å². The second-order valence-corrected chi connectivity index (χ2v) is 5.65. The summed E-state index contributed by atoms with van der Waals surface area (Å²) >= 11 is 5.85. The third-order valence-electron chi connectivity index (χ3n) is 3.37. The van der Waals surface area contributed by atoms with Crippen LogP contribution in [0.3, 0.4) is 0 Å². The van der Waals surface area contributed by atoms with E-state index in [1.807, 2.05) is 19.1 Å². The number of carbonyl (C=O) groups is 1. The highest BCUT2D eigenvalue weighted by molar-refractivity contribution is 6.30. The normalized spacial score (nSPS) is 10.6. The summed E-state index contributed by atoms with van der Waals surface area (Å²) in [4.78, 5) is 20.4. The number of amides is 1. The number of hydrogen-bond acceptors (Lipinski definition) is 5. The van der Waals surface area contributed by atoms with E-state index in [9.17, 15) is 4.79 Å². The maximum absolute atomic E-state index is 12.0. The van der Waals surface area contributed by atoms with Gasteiger partial charge in [0.2, 0.25) is 11.7 Å². The highest BCUT2D eigenvalue weighted by Gasteiger charge is 2.10. The van der Waals surface area contributed by atoms with Crippen molar-refractivity contribution < 1.29 is 9.32 Å². The molecule has 24 heavy (non-hydrogen) atoms. The fourth-order valence-corrected chi connectivity index (χ4v) is 2.19. The maximum Gasteiger partial charge on any atom is 0.252 e. The van der Waals surface area contributed by atoms with E-state index in [4.69, 9.17) is 16.1 Å². The molecule has 7 heteroatoms. The Morgan fingerprint density at radius 3 is 2.71 bits per heavy atom. The van der Waals surface area contributed by atoms with Crippen molar-refractivity contribution in [1.82, 2.24) is 20.4 Å². The van der Waals surface area contributed by atoms with Gasteiger partial charge in [0, 0.05) is 35.4 Å². The topological polar surface area (TPSA) is 80.9 Å². The van der Waals surface area contributed by atoms with Crippen molar-refractivity contribution in [1.29, 1.82) is 0 Å². The highest BCUT2D eigenvalue weighted by Crippen LogP contribution is 2.18. The predicted molar refractivity (Wildman–Crippen MR) is 89.8 cm³/mol. The Kier molecular flexibility index (Phi) is 4.86. The van der Waals surface area contributed by atoms with E-state index in [2.05, 4.69) is 20.4 Å². The van der Waals surface area contributed by atoms with Gasteiger partial charge >= 0.3 is 0 Å². The maximum atomic E-state index is 12.0. The van der Waals surface area contributed by atoms with Crippen LogP contribution in [0.2, 0.25) is 5.02 Å². The molecule has 0 aliphatic heterocycles. The van der Waals surface area contributed by atoms with Gasteiger partial charge in [0.15, 0.2) is 0 Å². The first-order valence-electron chi connectivity index (χ1n) is 7.41. The average molecular weight is 343 g/mol. The molecule has 0 atom stereocenters. The Morgan fingerprint density at radius 1 is 1.21 bits per heavy atom. The lowest BCUT2D eigenvalue weighted by molar-refractivity contribution is 0.0953. The predicted octanol–water partition coefficient (Wildman–Crippen LogP) is 3.07. The zero-order valence-electron chi connectivity index (χ0n) is 13.0. The minimum atomic E-state index is -0.181. The smallest absolute Gasteiger partial charge is 0.252 e. The molecule has 0 aliphatic rings. The van der Waals surface area contributed by atoms with Crippen LogP contribution in [0.4, 0.5) is 0 Å². The molecule has 2 heterocycles. The van der Waals surface area contributed by atoms with Gasteiger partial charge in [-0.2, -0.15) is 4.98 Å². The number of aromatic nitrogens is 3. The van der Waals surface area contributed by atoms with Crippen molar-refractivity contribution in [3.63, 3.8) is 0 Å². The molecular weight excluding hydrogens is 328 g/mol. The Bertz CT molecular complexity index is 829. The zero-order valence-corrected chi connectivity index (χ0v) is 13.7. The average Bonchev–Trinajstić information content (AvgIpc) is 3.05. The number of aryl methyl sites for hydroxylation is 1. The van der Waals surface area contributed by atoms with E-state index in [0.29, 0.717) is 35.3 Å². The zero-order chi connectivity index (χ0) is 16.9. The molecular formula is C17H15ClN4O2. The van der Waals surface area contributed by atoms with Gasteiger partial charge in [-0.1, -0.05) is 16.8 Å². The number of carbonyl (C=O) groups excluding carboxylic acids is 1. The lowest BCUT2D eigenvalue weighted by atomic mass is 10.2. The van der Waals surface area contributed by atoms with Crippen LogP contribution in [0.15, 0.2) is 47.1 Å². The van der Waals surface area contributed by atoms with Gasteiger partial charge in [-0.3, -0.25) is 9.78 Å². The number of nitrogens with zero attached hydrogens (tertiary/aromatic N) is 3. The molecule has 3 rings (SSSR count). The van der Waals surface area contributed by atoms with Crippen LogP contribution in [-0.4, -0.2) is 27.6 Å². The molecule has 1 aromatic carbocycles. The van der Waals surface area contributed by atoms with Gasteiger partial charge in [-0.15, -0.1) is 0 Å². The summed E-state index contributed by atoms with van der Waals surface area (Å²) in [6.07, 6.45) is 2.00. The number of halogens is 1. The van der Waals surface area contributed by atoms with Gasteiger partial charge in [0.25, 0.3) is 5.91 Å². The molecule has 2 aromatic heterocycles. The van der Waals surface area contributed by atoms with Gasteiger partial charge in [-0.05, 0) is 43.3 Å². The minimum Gasteiger partial charge on any atom is -0.351 e. The number of pyridine rings is 1. The quantitative estimate of drug-likeness (QED) is 0.770. The molecule has 0 radical (unpaired) electrons. The van der Waals surface area contributed by atoms with Crippen LogP contribution in [0, 0.1) is 6.92 Å². The fraction of sp³-hybridized carbons (Fsp3) is 0.176. The van der Waals surface area contributed by atoms with Gasteiger partial charge < -0.3 is 9.84 Å². The molecule has 0 spiro atoms. The van der Waals surface area contributed by atoms with Crippen LogP contribution >= 0.6 is 11.6 Å². The molecule has 0 aliphatic carbocycles. The first kappa shape index (κ1) is 16.1. The van der Waals surface area contributed by atoms with Crippen LogP contribution in [0.1, 0.15) is 21.9 Å².